The van der Waals surface area contributed by atoms with Crippen molar-refractivity contribution in [2.45, 2.75) is 6.10 Å². The average molecular weight is 244 g/mol. The molecule has 0 saturated carbocycles. The molecule has 0 aliphatic heterocycles. The smallest absolute Gasteiger partial charge is 0.143 e. The first-order chi connectivity index (χ1) is 8.27. The molecule has 0 bridgehead atoms. The third-order valence-corrected chi connectivity index (χ3v) is 2.56. The minimum absolute atomic E-state index is 0.467. The minimum atomic E-state index is -0.920. The zero-order chi connectivity index (χ0) is 12.1. The van der Waals surface area contributed by atoms with Crippen LogP contribution in [-0.4, -0.2) is 10.1 Å². The summed E-state index contributed by atoms with van der Waals surface area (Å²) in [6.07, 6.45) is 2.17. The predicted octanol–water partition coefficient (Wildman–Crippen LogP) is 2.82. The fourth-order valence-corrected chi connectivity index (χ4v) is 1.55. The number of aliphatic hydroxyl groups is 1. The van der Waals surface area contributed by atoms with Gasteiger partial charge in [0.15, 0.2) is 0 Å². The van der Waals surface area contributed by atoms with Crippen molar-refractivity contribution in [2.24, 2.45) is 0 Å². The largest absolute Gasteiger partial charge is 0.376 e. The summed E-state index contributed by atoms with van der Waals surface area (Å²) in [7, 11) is 0. The Kier molecular flexibility index (Phi) is 3.77. The van der Waals surface area contributed by atoms with Gasteiger partial charge in [0.2, 0.25) is 0 Å². The fraction of sp³-hybridized carbons (Fsp3) is 0.0714. The molecule has 0 saturated heterocycles. The summed E-state index contributed by atoms with van der Waals surface area (Å²) in [5, 5.41) is 10.3. The van der Waals surface area contributed by atoms with E-state index >= 15 is 0 Å². The standard InChI is InChI=1S/C14H10ClNO/c15-13-8-9-16-10-12(13)14(17)7-6-11-4-2-1-3-5-11/h1-5,8-10,14,17H/t14-/m0/s1. The van der Waals surface area contributed by atoms with Gasteiger partial charge in [0, 0.05) is 23.5 Å². The summed E-state index contributed by atoms with van der Waals surface area (Å²) in [6, 6.07) is 11.1. The lowest BCUT2D eigenvalue weighted by atomic mass is 10.1. The summed E-state index contributed by atoms with van der Waals surface area (Å²) >= 11 is 5.93. The summed E-state index contributed by atoms with van der Waals surface area (Å²) in [5.74, 6) is 5.62. The van der Waals surface area contributed by atoms with E-state index < -0.39 is 6.10 Å². The highest BCUT2D eigenvalue weighted by Gasteiger charge is 2.07. The Bertz CT molecular complexity index is 557. The molecule has 2 rings (SSSR count). The van der Waals surface area contributed by atoms with Crippen LogP contribution in [0.1, 0.15) is 17.2 Å². The Morgan fingerprint density at radius 3 is 2.65 bits per heavy atom. The molecule has 1 heterocycles. The molecule has 0 unspecified atom stereocenters. The molecule has 2 aromatic rings. The van der Waals surface area contributed by atoms with Crippen LogP contribution in [0.4, 0.5) is 0 Å². The molecule has 3 heteroatoms. The van der Waals surface area contributed by atoms with Gasteiger partial charge in [0.1, 0.15) is 6.10 Å². The molecule has 0 amide bonds. The average Bonchev–Trinajstić information content (AvgIpc) is 2.38. The number of hydrogen-bond donors (Lipinski definition) is 1. The van der Waals surface area contributed by atoms with Gasteiger partial charge >= 0.3 is 0 Å². The zero-order valence-electron chi connectivity index (χ0n) is 8.97. The van der Waals surface area contributed by atoms with Crippen LogP contribution in [0.15, 0.2) is 48.8 Å². The lowest BCUT2D eigenvalue weighted by Crippen LogP contribution is -1.95. The monoisotopic (exact) mass is 243 g/mol. The van der Waals surface area contributed by atoms with Crippen LogP contribution in [0.3, 0.4) is 0 Å². The summed E-state index contributed by atoms with van der Waals surface area (Å²) < 4.78 is 0. The van der Waals surface area contributed by atoms with Gasteiger partial charge in [-0.25, -0.2) is 0 Å². The van der Waals surface area contributed by atoms with Crippen LogP contribution in [0.25, 0.3) is 0 Å². The molecule has 1 N–H and O–H groups in total. The van der Waals surface area contributed by atoms with Gasteiger partial charge in [-0.15, -0.1) is 0 Å². The number of aliphatic hydroxyl groups excluding tert-OH is 1. The Morgan fingerprint density at radius 2 is 1.94 bits per heavy atom. The quantitative estimate of drug-likeness (QED) is 0.782. The van der Waals surface area contributed by atoms with Crippen LogP contribution in [0, 0.1) is 11.8 Å². The number of hydrogen-bond acceptors (Lipinski definition) is 2. The highest BCUT2D eigenvalue weighted by molar-refractivity contribution is 6.31. The van der Waals surface area contributed by atoms with Crippen molar-refractivity contribution in [3.05, 3.63) is 64.9 Å². The van der Waals surface area contributed by atoms with E-state index in [9.17, 15) is 5.11 Å². The van der Waals surface area contributed by atoms with Gasteiger partial charge in [-0.05, 0) is 18.2 Å². The molecule has 0 aliphatic rings. The van der Waals surface area contributed by atoms with Gasteiger partial charge in [0.05, 0.1) is 5.02 Å². The molecule has 0 spiro atoms. The van der Waals surface area contributed by atoms with E-state index in [0.29, 0.717) is 10.6 Å². The number of benzene rings is 1. The molecular formula is C14H10ClNO. The van der Waals surface area contributed by atoms with Gasteiger partial charge in [-0.3, -0.25) is 4.98 Å². The molecule has 0 radical (unpaired) electrons. The molecule has 84 valence electrons. The van der Waals surface area contributed by atoms with E-state index in [4.69, 9.17) is 11.6 Å². The fourth-order valence-electron chi connectivity index (χ4n) is 1.34. The first kappa shape index (κ1) is 11.7. The topological polar surface area (TPSA) is 33.1 Å². The number of nitrogens with zero attached hydrogens (tertiary/aromatic N) is 1. The van der Waals surface area contributed by atoms with Crippen molar-refractivity contribution in [1.82, 2.24) is 4.98 Å². The van der Waals surface area contributed by atoms with Crippen molar-refractivity contribution < 1.29 is 5.11 Å². The van der Waals surface area contributed by atoms with Crippen LogP contribution < -0.4 is 0 Å². The molecular weight excluding hydrogens is 234 g/mol. The van der Waals surface area contributed by atoms with Gasteiger partial charge in [-0.2, -0.15) is 0 Å². The summed E-state index contributed by atoms with van der Waals surface area (Å²) in [4.78, 5) is 3.91. The first-order valence-electron chi connectivity index (χ1n) is 5.11. The third kappa shape index (κ3) is 3.07. The second-order valence-electron chi connectivity index (χ2n) is 3.44. The predicted molar refractivity (Wildman–Crippen MR) is 67.5 cm³/mol. The van der Waals surface area contributed by atoms with Crippen LogP contribution >= 0.6 is 11.6 Å². The number of halogens is 1. The van der Waals surface area contributed by atoms with Crippen molar-refractivity contribution in [2.75, 3.05) is 0 Å². The van der Waals surface area contributed by atoms with E-state index in [1.807, 2.05) is 30.3 Å². The molecule has 0 aliphatic carbocycles. The van der Waals surface area contributed by atoms with Crippen LogP contribution in [0.5, 0.6) is 0 Å². The first-order valence-corrected chi connectivity index (χ1v) is 5.49. The lowest BCUT2D eigenvalue weighted by molar-refractivity contribution is 0.238. The van der Waals surface area contributed by atoms with E-state index in [1.54, 1.807) is 12.3 Å². The molecule has 1 aromatic carbocycles. The van der Waals surface area contributed by atoms with E-state index in [1.165, 1.54) is 6.20 Å². The normalized spacial score (nSPS) is 11.4. The third-order valence-electron chi connectivity index (χ3n) is 2.22. The SMILES string of the molecule is O[C@@H](C#Cc1ccccc1)c1cnccc1Cl. The minimum Gasteiger partial charge on any atom is -0.376 e. The number of pyridine rings is 1. The number of rotatable bonds is 1. The lowest BCUT2D eigenvalue weighted by Gasteiger charge is -2.04. The Labute approximate surface area is 105 Å². The van der Waals surface area contributed by atoms with Crippen LogP contribution in [0.2, 0.25) is 5.02 Å². The molecule has 17 heavy (non-hydrogen) atoms. The molecule has 0 fully saturated rings. The van der Waals surface area contributed by atoms with Crippen molar-refractivity contribution in [3.63, 3.8) is 0 Å². The zero-order valence-corrected chi connectivity index (χ0v) is 9.72. The van der Waals surface area contributed by atoms with Crippen LogP contribution in [-0.2, 0) is 0 Å². The Balaban J connectivity index is 2.21. The van der Waals surface area contributed by atoms with E-state index in [-0.39, 0.29) is 0 Å². The summed E-state index contributed by atoms with van der Waals surface area (Å²) in [5.41, 5.74) is 1.38. The van der Waals surface area contributed by atoms with Crippen molar-refractivity contribution in [1.29, 1.82) is 0 Å². The van der Waals surface area contributed by atoms with Crippen molar-refractivity contribution >= 4 is 11.6 Å². The molecule has 2 nitrogen and oxygen atoms in total. The maximum absolute atomic E-state index is 9.86. The Morgan fingerprint density at radius 1 is 1.18 bits per heavy atom. The highest BCUT2D eigenvalue weighted by Crippen LogP contribution is 2.20. The van der Waals surface area contributed by atoms with Gasteiger partial charge < -0.3 is 5.11 Å². The second kappa shape index (κ2) is 5.49. The highest BCUT2D eigenvalue weighted by atomic mass is 35.5. The maximum atomic E-state index is 9.86. The van der Waals surface area contributed by atoms with E-state index in [2.05, 4.69) is 16.8 Å². The molecule has 1 atom stereocenters. The Hall–Kier alpha value is -1.82. The van der Waals surface area contributed by atoms with E-state index in [0.717, 1.165) is 5.56 Å². The summed E-state index contributed by atoms with van der Waals surface area (Å²) in [6.45, 7) is 0. The van der Waals surface area contributed by atoms with Gasteiger partial charge in [-0.1, -0.05) is 41.6 Å². The van der Waals surface area contributed by atoms with Gasteiger partial charge in [0.25, 0.3) is 0 Å². The van der Waals surface area contributed by atoms with Crippen molar-refractivity contribution in [3.8, 4) is 11.8 Å². The second-order valence-corrected chi connectivity index (χ2v) is 3.84. The maximum Gasteiger partial charge on any atom is 0.143 e. The molecule has 1 aromatic heterocycles. The number of aromatic nitrogens is 1.